The fourth-order valence-electron chi connectivity index (χ4n) is 3.94. The van der Waals surface area contributed by atoms with Gasteiger partial charge in [-0.05, 0) is 46.1 Å². The molecule has 0 radical (unpaired) electrons. The van der Waals surface area contributed by atoms with Crippen LogP contribution in [-0.2, 0) is 11.0 Å². The molecule has 1 saturated heterocycles. The smallest absolute Gasteiger partial charge is 0.131 e. The number of nitrogens with one attached hydrogen (secondary N) is 1. The van der Waals surface area contributed by atoms with Crippen LogP contribution in [0.2, 0.25) is 0 Å². The van der Waals surface area contributed by atoms with Crippen LogP contribution >= 0.6 is 0 Å². The van der Waals surface area contributed by atoms with E-state index in [2.05, 4.69) is 53.1 Å². The molecule has 1 aromatic rings. The Hall–Kier alpha value is -2.90. The van der Waals surface area contributed by atoms with Gasteiger partial charge in [-0.15, -0.1) is 0 Å². The number of benzene rings is 1. The van der Waals surface area contributed by atoms with Crippen LogP contribution in [0.15, 0.2) is 81.7 Å². The average molecular weight is 524 g/mol. The highest BCUT2D eigenvalue weighted by Gasteiger charge is 2.26. The summed E-state index contributed by atoms with van der Waals surface area (Å²) in [7, 11) is 3.06. The lowest BCUT2D eigenvalue weighted by Gasteiger charge is -2.35. The molecule has 8 nitrogen and oxygen atoms in total. The number of nitriles is 1. The van der Waals surface area contributed by atoms with Crippen molar-refractivity contribution in [3.63, 3.8) is 0 Å². The van der Waals surface area contributed by atoms with Crippen LogP contribution in [0.1, 0.15) is 20.3 Å². The van der Waals surface area contributed by atoms with Crippen LogP contribution in [0.5, 0.6) is 0 Å². The van der Waals surface area contributed by atoms with Crippen molar-refractivity contribution >= 4 is 22.7 Å². The van der Waals surface area contributed by atoms with Crippen molar-refractivity contribution in [3.05, 3.63) is 66.8 Å². The van der Waals surface area contributed by atoms with E-state index in [9.17, 15) is 4.21 Å². The van der Waals surface area contributed by atoms with E-state index in [1.165, 1.54) is 6.92 Å². The number of amidine groups is 2. The van der Waals surface area contributed by atoms with Crippen LogP contribution in [0, 0.1) is 11.3 Å². The minimum atomic E-state index is -1.10. The zero-order valence-corrected chi connectivity index (χ0v) is 23.5. The lowest BCUT2D eigenvalue weighted by atomic mass is 10.0. The standard InChI is InChI=1S/C26H38N6OS.C2H3N/c1-5-6-8-14-24-22(2)28-25(29-26(24)27-15-11-16-30(3)4)21-31-17-19-32(20-18-31)34(33)23-12-9-7-10-13-23;1-2-3/h5-10,12-14,22H,1,11,15-21H2,2-4H3,(H,27,28,29);1H3/b8-6-,24-14+;. The van der Waals surface area contributed by atoms with Gasteiger partial charge in [0.1, 0.15) is 22.7 Å². The summed E-state index contributed by atoms with van der Waals surface area (Å²) < 4.78 is 14.9. The van der Waals surface area contributed by atoms with Gasteiger partial charge in [-0.2, -0.15) is 5.26 Å². The third-order valence-corrected chi connectivity index (χ3v) is 7.29. The van der Waals surface area contributed by atoms with Crippen LogP contribution in [0.4, 0.5) is 0 Å². The maximum atomic E-state index is 12.8. The van der Waals surface area contributed by atoms with Gasteiger partial charge in [0.25, 0.3) is 0 Å². The summed E-state index contributed by atoms with van der Waals surface area (Å²) in [5.74, 6) is 1.86. The number of hydrogen-bond acceptors (Lipinski definition) is 6. The Morgan fingerprint density at radius 1 is 1.24 bits per heavy atom. The molecule has 0 aromatic heterocycles. The molecule has 2 atom stereocenters. The van der Waals surface area contributed by atoms with Crippen LogP contribution < -0.4 is 5.32 Å². The predicted octanol–water partition coefficient (Wildman–Crippen LogP) is 3.27. The lowest BCUT2D eigenvalue weighted by Crippen LogP contribution is -2.52. The summed E-state index contributed by atoms with van der Waals surface area (Å²) in [4.78, 5) is 15.2. The van der Waals surface area contributed by atoms with Gasteiger partial charge in [-0.25, -0.2) is 8.51 Å². The highest BCUT2D eigenvalue weighted by Crippen LogP contribution is 2.16. The summed E-state index contributed by atoms with van der Waals surface area (Å²) in [6.45, 7) is 13.1. The minimum absolute atomic E-state index is 0.0326. The lowest BCUT2D eigenvalue weighted by molar-refractivity contribution is 0.213. The zero-order valence-electron chi connectivity index (χ0n) is 22.6. The second-order valence-electron chi connectivity index (χ2n) is 9.00. The van der Waals surface area contributed by atoms with E-state index in [-0.39, 0.29) is 6.04 Å². The fourth-order valence-corrected chi connectivity index (χ4v) is 5.12. The monoisotopic (exact) mass is 523 g/mol. The second-order valence-corrected chi connectivity index (χ2v) is 10.5. The Morgan fingerprint density at radius 3 is 2.54 bits per heavy atom. The van der Waals surface area contributed by atoms with Crippen LogP contribution in [-0.4, -0.2) is 95.9 Å². The molecule has 0 spiro atoms. The van der Waals surface area contributed by atoms with Crippen molar-refractivity contribution in [1.82, 2.24) is 19.4 Å². The number of rotatable bonds is 10. The Bertz CT molecular complexity index is 1030. The van der Waals surface area contributed by atoms with Crippen molar-refractivity contribution in [2.45, 2.75) is 31.2 Å². The highest BCUT2D eigenvalue weighted by molar-refractivity contribution is 7.82. The topological polar surface area (TPSA) is 87.3 Å². The van der Waals surface area contributed by atoms with E-state index in [0.717, 1.165) is 74.4 Å². The number of hydrogen-bond donors (Lipinski definition) is 1. The van der Waals surface area contributed by atoms with Crippen molar-refractivity contribution in [2.24, 2.45) is 9.98 Å². The molecule has 2 aliphatic rings. The van der Waals surface area contributed by atoms with Crippen molar-refractivity contribution in [2.75, 3.05) is 59.9 Å². The van der Waals surface area contributed by atoms with Crippen LogP contribution in [0.25, 0.3) is 0 Å². The molecule has 2 unspecified atom stereocenters. The molecule has 3 rings (SSSR count). The molecule has 200 valence electrons. The van der Waals surface area contributed by atoms with Crippen molar-refractivity contribution < 1.29 is 4.21 Å². The van der Waals surface area contributed by atoms with Crippen LogP contribution in [0.3, 0.4) is 0 Å². The quantitative estimate of drug-likeness (QED) is 0.376. The summed E-state index contributed by atoms with van der Waals surface area (Å²) in [6, 6.07) is 11.5. The molecule has 37 heavy (non-hydrogen) atoms. The van der Waals surface area contributed by atoms with Gasteiger partial charge < -0.3 is 10.2 Å². The molecule has 1 N–H and O–H groups in total. The average Bonchev–Trinajstić information content (AvgIpc) is 2.89. The number of allylic oxidation sites excluding steroid dienone is 4. The van der Waals surface area contributed by atoms with E-state index in [0.29, 0.717) is 0 Å². The Kier molecular flexibility index (Phi) is 13.7. The summed E-state index contributed by atoms with van der Waals surface area (Å²) >= 11 is 0. The molecule has 2 aliphatic heterocycles. The van der Waals surface area contributed by atoms with E-state index >= 15 is 0 Å². The molecule has 9 heteroatoms. The predicted molar refractivity (Wildman–Crippen MR) is 155 cm³/mol. The van der Waals surface area contributed by atoms with E-state index in [1.54, 1.807) is 12.1 Å². The van der Waals surface area contributed by atoms with Gasteiger partial charge in [0.15, 0.2) is 0 Å². The molecular formula is C28H41N7OS. The number of piperazine rings is 1. The minimum Gasteiger partial charge on any atom is -0.328 e. The normalized spacial score (nSPS) is 21.7. The van der Waals surface area contributed by atoms with Gasteiger partial charge >= 0.3 is 0 Å². The summed E-state index contributed by atoms with van der Waals surface area (Å²) in [6.07, 6.45) is 8.76. The second kappa shape index (κ2) is 16.8. The first-order valence-electron chi connectivity index (χ1n) is 12.7. The number of aliphatic imine (C=N–C) groups is 2. The third kappa shape index (κ3) is 10.5. The largest absolute Gasteiger partial charge is 0.328 e. The first-order valence-corrected chi connectivity index (χ1v) is 13.8. The molecule has 0 amide bonds. The molecular weight excluding hydrogens is 482 g/mol. The SMILES string of the molecule is C=C/C=C\C=C1\C(=NCCCN(C)C)NC(CN2CCN(S(=O)c3ccccc3)CC2)=NC1C.CC#N. The van der Waals surface area contributed by atoms with E-state index < -0.39 is 11.0 Å². The summed E-state index contributed by atoms with van der Waals surface area (Å²) in [5, 5.41) is 10.8. The first-order chi connectivity index (χ1) is 17.9. The van der Waals surface area contributed by atoms with E-state index in [1.807, 2.05) is 42.5 Å². The van der Waals surface area contributed by atoms with E-state index in [4.69, 9.17) is 15.2 Å². The maximum absolute atomic E-state index is 12.8. The summed E-state index contributed by atoms with van der Waals surface area (Å²) in [5.41, 5.74) is 1.09. The van der Waals surface area contributed by atoms with Gasteiger partial charge in [0.05, 0.1) is 23.6 Å². The molecule has 2 heterocycles. The fraction of sp³-hybridized carbons (Fsp3) is 0.464. The number of nitrogens with zero attached hydrogens (tertiary/aromatic N) is 6. The Labute approximate surface area is 225 Å². The molecule has 0 saturated carbocycles. The molecule has 0 aliphatic carbocycles. The highest BCUT2D eigenvalue weighted by atomic mass is 32.2. The van der Waals surface area contributed by atoms with Gasteiger partial charge in [0, 0.05) is 45.2 Å². The van der Waals surface area contributed by atoms with Gasteiger partial charge in [0.2, 0.25) is 0 Å². The van der Waals surface area contributed by atoms with Gasteiger partial charge in [-0.3, -0.25) is 14.9 Å². The Morgan fingerprint density at radius 2 is 1.92 bits per heavy atom. The maximum Gasteiger partial charge on any atom is 0.131 e. The first kappa shape index (κ1) is 30.3. The van der Waals surface area contributed by atoms with Crippen molar-refractivity contribution in [1.29, 1.82) is 5.26 Å². The molecule has 1 aromatic carbocycles. The van der Waals surface area contributed by atoms with Crippen molar-refractivity contribution in [3.8, 4) is 6.07 Å². The third-order valence-electron chi connectivity index (χ3n) is 5.78. The zero-order chi connectivity index (χ0) is 27.0. The van der Waals surface area contributed by atoms with Gasteiger partial charge in [-0.1, -0.05) is 49.1 Å². The molecule has 1 fully saturated rings. The Balaban J connectivity index is 0.00000153. The molecule has 0 bridgehead atoms.